The van der Waals surface area contributed by atoms with Crippen LogP contribution in [0.5, 0.6) is 5.75 Å². The van der Waals surface area contributed by atoms with Crippen LogP contribution in [0.2, 0.25) is 0 Å². The number of carbonyl (C=O) groups is 1. The molecule has 0 bridgehead atoms. The standard InChI is InChI=1S/C27H23F3N4O6S/c1-41(38,39)33-21-9-5-8-18(12-21)19-10-11-20(23(13-19)40-27(28,29)30)15-31-25(36)22-14-24(35)34(26(37)32-22)16-17-6-3-2-4-7-17/h2-14,33H,15-16H2,1H3,(H,31,36)(H,32,37). The summed E-state index contributed by atoms with van der Waals surface area (Å²) in [7, 11) is -3.58. The summed E-state index contributed by atoms with van der Waals surface area (Å²) >= 11 is 0. The van der Waals surface area contributed by atoms with Crippen molar-refractivity contribution in [2.24, 2.45) is 0 Å². The molecule has 0 atom stereocenters. The number of ether oxygens (including phenoxy) is 1. The van der Waals surface area contributed by atoms with E-state index in [4.69, 9.17) is 0 Å². The number of rotatable bonds is 9. The van der Waals surface area contributed by atoms with Crippen LogP contribution in [0.25, 0.3) is 11.1 Å². The molecule has 14 heteroatoms. The van der Waals surface area contributed by atoms with Crippen molar-refractivity contribution in [3.63, 3.8) is 0 Å². The van der Waals surface area contributed by atoms with Gasteiger partial charge in [0.25, 0.3) is 11.5 Å². The van der Waals surface area contributed by atoms with Crippen molar-refractivity contribution in [2.75, 3.05) is 11.0 Å². The molecule has 4 aromatic rings. The normalized spacial score (nSPS) is 11.6. The zero-order valence-electron chi connectivity index (χ0n) is 21.4. The van der Waals surface area contributed by atoms with Gasteiger partial charge in [-0.1, -0.05) is 54.6 Å². The minimum absolute atomic E-state index is 0.0192. The van der Waals surface area contributed by atoms with E-state index in [0.717, 1.165) is 23.0 Å². The Balaban J connectivity index is 1.56. The summed E-state index contributed by atoms with van der Waals surface area (Å²) in [5, 5.41) is 2.38. The third-order valence-electron chi connectivity index (χ3n) is 5.68. The molecule has 0 radical (unpaired) electrons. The first-order valence-electron chi connectivity index (χ1n) is 11.9. The lowest BCUT2D eigenvalue weighted by molar-refractivity contribution is -0.274. The van der Waals surface area contributed by atoms with E-state index in [1.807, 2.05) is 0 Å². The van der Waals surface area contributed by atoms with Gasteiger partial charge in [-0.3, -0.25) is 18.9 Å². The van der Waals surface area contributed by atoms with Crippen LogP contribution in [-0.2, 0) is 23.1 Å². The van der Waals surface area contributed by atoms with Crippen LogP contribution in [-0.4, -0.2) is 36.5 Å². The van der Waals surface area contributed by atoms with Gasteiger partial charge >= 0.3 is 12.1 Å². The number of nitrogens with one attached hydrogen (secondary N) is 3. The van der Waals surface area contributed by atoms with E-state index in [1.165, 1.54) is 30.3 Å². The Labute approximate surface area is 231 Å². The summed E-state index contributed by atoms with van der Waals surface area (Å²) in [6, 6.07) is 19.5. The number of alkyl halides is 3. The summed E-state index contributed by atoms with van der Waals surface area (Å²) in [4.78, 5) is 40.0. The van der Waals surface area contributed by atoms with Gasteiger partial charge in [-0.05, 0) is 34.9 Å². The second-order valence-corrected chi connectivity index (χ2v) is 10.7. The highest BCUT2D eigenvalue weighted by Gasteiger charge is 2.32. The van der Waals surface area contributed by atoms with Gasteiger partial charge in [-0.25, -0.2) is 13.2 Å². The van der Waals surface area contributed by atoms with Crippen molar-refractivity contribution in [2.45, 2.75) is 19.5 Å². The first-order valence-corrected chi connectivity index (χ1v) is 13.8. The Morgan fingerprint density at radius 1 is 0.951 bits per heavy atom. The molecule has 214 valence electrons. The van der Waals surface area contributed by atoms with Crippen molar-refractivity contribution in [3.8, 4) is 16.9 Å². The molecule has 0 aliphatic heterocycles. The highest BCUT2D eigenvalue weighted by atomic mass is 32.2. The van der Waals surface area contributed by atoms with Crippen molar-refractivity contribution in [3.05, 3.63) is 117 Å². The Morgan fingerprint density at radius 2 is 1.66 bits per heavy atom. The van der Waals surface area contributed by atoms with Gasteiger partial charge in [0.05, 0.1) is 12.8 Å². The molecule has 1 heterocycles. The summed E-state index contributed by atoms with van der Waals surface area (Å²) in [6.07, 6.45) is -4.09. The molecule has 41 heavy (non-hydrogen) atoms. The minimum Gasteiger partial charge on any atom is -0.405 e. The molecule has 4 rings (SSSR count). The summed E-state index contributed by atoms with van der Waals surface area (Å²) in [6.45, 7) is -0.454. The molecular formula is C27H23F3N4O6S. The third-order valence-corrected chi connectivity index (χ3v) is 6.29. The number of hydrogen-bond donors (Lipinski definition) is 3. The highest BCUT2D eigenvalue weighted by Crippen LogP contribution is 2.32. The average molecular weight is 589 g/mol. The lowest BCUT2D eigenvalue weighted by Gasteiger charge is -2.16. The molecule has 1 aromatic heterocycles. The molecule has 0 saturated carbocycles. The predicted octanol–water partition coefficient (Wildman–Crippen LogP) is 3.45. The van der Waals surface area contributed by atoms with Crippen LogP contribution in [0.1, 0.15) is 21.6 Å². The Hall–Kier alpha value is -4.85. The fourth-order valence-corrected chi connectivity index (χ4v) is 4.46. The first kappa shape index (κ1) is 29.1. The smallest absolute Gasteiger partial charge is 0.405 e. The summed E-state index contributed by atoms with van der Waals surface area (Å²) < 4.78 is 70.0. The van der Waals surface area contributed by atoms with Crippen molar-refractivity contribution in [1.82, 2.24) is 14.9 Å². The minimum atomic E-state index is -5.05. The first-order chi connectivity index (χ1) is 19.3. The van der Waals surface area contributed by atoms with Crippen molar-refractivity contribution >= 4 is 21.6 Å². The van der Waals surface area contributed by atoms with Gasteiger partial charge in [0.1, 0.15) is 11.4 Å². The van der Waals surface area contributed by atoms with Gasteiger partial charge < -0.3 is 15.0 Å². The monoisotopic (exact) mass is 588 g/mol. The van der Waals surface area contributed by atoms with Crippen LogP contribution in [0.3, 0.4) is 0 Å². The second kappa shape index (κ2) is 11.7. The molecular weight excluding hydrogens is 565 g/mol. The molecule has 10 nitrogen and oxygen atoms in total. The number of amides is 1. The molecule has 0 aliphatic rings. The van der Waals surface area contributed by atoms with Crippen LogP contribution in [0, 0.1) is 0 Å². The quantitative estimate of drug-likeness (QED) is 0.274. The van der Waals surface area contributed by atoms with E-state index in [2.05, 4.69) is 19.8 Å². The predicted molar refractivity (Wildman–Crippen MR) is 145 cm³/mol. The van der Waals surface area contributed by atoms with E-state index in [1.54, 1.807) is 36.4 Å². The maximum absolute atomic E-state index is 13.2. The summed E-state index contributed by atoms with van der Waals surface area (Å²) in [5.74, 6) is -1.50. The van der Waals surface area contributed by atoms with Crippen molar-refractivity contribution in [1.29, 1.82) is 0 Å². The molecule has 3 aromatic carbocycles. The van der Waals surface area contributed by atoms with E-state index in [9.17, 15) is 36.0 Å². The molecule has 0 unspecified atom stereocenters. The SMILES string of the molecule is CS(=O)(=O)Nc1cccc(-c2ccc(CNC(=O)c3cc(=O)n(Cc4ccccc4)c(=O)[nH]3)c(OC(F)(F)F)c2)c1. The third kappa shape index (κ3) is 8.08. The van der Waals surface area contributed by atoms with E-state index in [-0.39, 0.29) is 29.1 Å². The number of hydrogen-bond acceptors (Lipinski definition) is 6. The maximum Gasteiger partial charge on any atom is 0.573 e. The Kier molecular flexibility index (Phi) is 8.33. The molecule has 1 amide bonds. The van der Waals surface area contributed by atoms with Crippen LogP contribution in [0.4, 0.5) is 18.9 Å². The van der Waals surface area contributed by atoms with Gasteiger partial charge in [-0.2, -0.15) is 0 Å². The van der Waals surface area contributed by atoms with E-state index >= 15 is 0 Å². The number of aromatic amines is 1. The van der Waals surface area contributed by atoms with Crippen LogP contribution >= 0.6 is 0 Å². The van der Waals surface area contributed by atoms with Gasteiger partial charge in [-0.15, -0.1) is 13.2 Å². The average Bonchev–Trinajstić information content (AvgIpc) is 2.88. The molecule has 3 N–H and O–H groups in total. The lowest BCUT2D eigenvalue weighted by Crippen LogP contribution is -2.38. The lowest BCUT2D eigenvalue weighted by atomic mass is 10.0. The van der Waals surface area contributed by atoms with Gasteiger partial charge in [0, 0.05) is 23.9 Å². The zero-order chi connectivity index (χ0) is 29.8. The number of benzene rings is 3. The number of aromatic nitrogens is 2. The molecule has 0 saturated heterocycles. The van der Waals surface area contributed by atoms with E-state index < -0.39 is 45.8 Å². The molecule has 0 aliphatic carbocycles. The number of anilines is 1. The maximum atomic E-state index is 13.2. The molecule has 0 spiro atoms. The number of nitrogens with zero attached hydrogens (tertiary/aromatic N) is 1. The Morgan fingerprint density at radius 3 is 2.32 bits per heavy atom. The van der Waals surface area contributed by atoms with Crippen molar-refractivity contribution < 1.29 is 31.1 Å². The zero-order valence-corrected chi connectivity index (χ0v) is 22.2. The number of H-pyrrole nitrogens is 1. The van der Waals surface area contributed by atoms with E-state index in [0.29, 0.717) is 11.1 Å². The number of halogens is 3. The van der Waals surface area contributed by atoms with Crippen LogP contribution < -0.4 is 26.0 Å². The van der Waals surface area contributed by atoms with Gasteiger partial charge in [0.15, 0.2) is 0 Å². The molecule has 0 fully saturated rings. The number of carbonyl (C=O) groups excluding carboxylic acids is 1. The largest absolute Gasteiger partial charge is 0.573 e. The Bertz CT molecular complexity index is 1770. The summed E-state index contributed by atoms with van der Waals surface area (Å²) in [5.41, 5.74) is -0.405. The van der Waals surface area contributed by atoms with Gasteiger partial charge in [0.2, 0.25) is 10.0 Å². The van der Waals surface area contributed by atoms with Crippen LogP contribution in [0.15, 0.2) is 88.5 Å². The fraction of sp³-hybridized carbons (Fsp3) is 0.148. The topological polar surface area (TPSA) is 139 Å². The number of sulfonamides is 1. The second-order valence-electron chi connectivity index (χ2n) is 8.91. The highest BCUT2D eigenvalue weighted by molar-refractivity contribution is 7.92. The fourth-order valence-electron chi connectivity index (χ4n) is 3.91.